The molecule has 9 heteroatoms. The van der Waals surface area contributed by atoms with Crippen LogP contribution in [0.5, 0.6) is 11.5 Å². The van der Waals surface area contributed by atoms with E-state index in [1.165, 1.54) is 7.11 Å². The number of alkyl halides is 3. The van der Waals surface area contributed by atoms with Gasteiger partial charge in [0.05, 0.1) is 25.4 Å². The van der Waals surface area contributed by atoms with Gasteiger partial charge >= 0.3 is 6.18 Å². The Morgan fingerprint density at radius 2 is 1.81 bits per heavy atom. The third-order valence-electron chi connectivity index (χ3n) is 3.71. The molecule has 1 heterocycles. The Hall–Kier alpha value is -2.61. The highest BCUT2D eigenvalue weighted by Gasteiger charge is 2.35. The number of aromatic amines is 1. The molecule has 2 N–H and O–H groups in total. The molecule has 2 aromatic carbocycles. The minimum Gasteiger partial charge on any atom is -0.493 e. The number of aromatic nitrogens is 2. The van der Waals surface area contributed by atoms with Gasteiger partial charge in [0.2, 0.25) is 5.82 Å². The fourth-order valence-corrected chi connectivity index (χ4v) is 2.50. The number of anilines is 1. The van der Waals surface area contributed by atoms with E-state index < -0.39 is 12.0 Å². The molecule has 3 aromatic rings. The zero-order valence-corrected chi connectivity index (χ0v) is 14.8. The van der Waals surface area contributed by atoms with Gasteiger partial charge in [-0.25, -0.2) is 4.98 Å². The summed E-state index contributed by atoms with van der Waals surface area (Å²) in [6.07, 6.45) is -4.51. The lowest BCUT2D eigenvalue weighted by Gasteiger charge is -2.11. The Labute approximate surface area is 153 Å². The molecule has 0 aliphatic rings. The molecule has 0 radical (unpaired) electrons. The Morgan fingerprint density at radius 1 is 1.08 bits per heavy atom. The summed E-state index contributed by atoms with van der Waals surface area (Å²) in [5.74, 6) is 0.178. The van der Waals surface area contributed by atoms with Crippen molar-refractivity contribution in [3.63, 3.8) is 0 Å². The van der Waals surface area contributed by atoms with Gasteiger partial charge in [-0.05, 0) is 29.8 Å². The number of para-hydroxylation sites is 1. The lowest BCUT2D eigenvalue weighted by atomic mass is 10.2. The lowest BCUT2D eigenvalue weighted by Crippen LogP contribution is -2.07. The van der Waals surface area contributed by atoms with Crippen LogP contribution in [-0.2, 0) is 12.7 Å². The van der Waals surface area contributed by atoms with Gasteiger partial charge in [0.15, 0.2) is 11.5 Å². The predicted molar refractivity (Wildman–Crippen MR) is 95.2 cm³/mol. The van der Waals surface area contributed by atoms with Crippen molar-refractivity contribution in [1.29, 1.82) is 0 Å². The zero-order chi connectivity index (χ0) is 18.0. The topological polar surface area (TPSA) is 59.2 Å². The highest BCUT2D eigenvalue weighted by atomic mass is 35.5. The number of halogens is 4. The molecule has 3 rings (SSSR count). The molecular weight excluding hydrogens is 371 g/mol. The summed E-state index contributed by atoms with van der Waals surface area (Å²) in [4.78, 5) is 5.96. The second-order valence-electron chi connectivity index (χ2n) is 5.33. The summed E-state index contributed by atoms with van der Waals surface area (Å²) in [5.41, 5.74) is 1.97. The van der Waals surface area contributed by atoms with Crippen LogP contribution in [-0.4, -0.2) is 24.2 Å². The maximum absolute atomic E-state index is 12.8. The SMILES string of the molecule is COc1ccc(CNc2cccc3[nH]c(C(F)(F)F)nc23)cc1OC.Cl. The molecule has 140 valence electrons. The van der Waals surface area contributed by atoms with Gasteiger partial charge < -0.3 is 19.8 Å². The average molecular weight is 388 g/mol. The van der Waals surface area contributed by atoms with Crippen molar-refractivity contribution in [2.24, 2.45) is 0 Å². The van der Waals surface area contributed by atoms with Gasteiger partial charge in [0, 0.05) is 6.54 Å². The molecule has 0 atom stereocenters. The first-order valence-corrected chi connectivity index (χ1v) is 7.43. The molecule has 0 bridgehead atoms. The highest BCUT2D eigenvalue weighted by Crippen LogP contribution is 2.31. The van der Waals surface area contributed by atoms with E-state index in [1.807, 2.05) is 6.07 Å². The summed E-state index contributed by atoms with van der Waals surface area (Å²) >= 11 is 0. The van der Waals surface area contributed by atoms with Crippen molar-refractivity contribution in [3.05, 3.63) is 47.8 Å². The van der Waals surface area contributed by atoms with Crippen LogP contribution in [0, 0.1) is 0 Å². The molecule has 26 heavy (non-hydrogen) atoms. The van der Waals surface area contributed by atoms with Crippen LogP contribution in [0.4, 0.5) is 18.9 Å². The van der Waals surface area contributed by atoms with E-state index in [0.717, 1.165) is 5.56 Å². The summed E-state index contributed by atoms with van der Waals surface area (Å²) < 4.78 is 48.9. The van der Waals surface area contributed by atoms with Crippen LogP contribution >= 0.6 is 12.4 Å². The molecule has 0 saturated carbocycles. The van der Waals surface area contributed by atoms with E-state index >= 15 is 0 Å². The second kappa shape index (κ2) is 7.74. The molecule has 0 aliphatic heterocycles. The molecule has 0 fully saturated rings. The fraction of sp³-hybridized carbons (Fsp3) is 0.235. The number of methoxy groups -OCH3 is 2. The van der Waals surface area contributed by atoms with Crippen LogP contribution in [0.1, 0.15) is 11.4 Å². The van der Waals surface area contributed by atoms with Crippen LogP contribution in [0.25, 0.3) is 11.0 Å². The maximum Gasteiger partial charge on any atom is 0.449 e. The Bertz CT molecular complexity index is 897. The smallest absolute Gasteiger partial charge is 0.449 e. The summed E-state index contributed by atoms with van der Waals surface area (Å²) in [6.45, 7) is 0.397. The monoisotopic (exact) mass is 387 g/mol. The lowest BCUT2D eigenvalue weighted by molar-refractivity contribution is -0.144. The van der Waals surface area contributed by atoms with Crippen molar-refractivity contribution in [1.82, 2.24) is 9.97 Å². The van der Waals surface area contributed by atoms with Crippen molar-refractivity contribution in [3.8, 4) is 11.5 Å². The van der Waals surface area contributed by atoms with Crippen molar-refractivity contribution >= 4 is 29.1 Å². The normalized spacial score (nSPS) is 11.1. The van der Waals surface area contributed by atoms with Crippen LogP contribution in [0.15, 0.2) is 36.4 Å². The molecule has 0 amide bonds. The minimum absolute atomic E-state index is 0. The average Bonchev–Trinajstić information content (AvgIpc) is 3.04. The van der Waals surface area contributed by atoms with Gasteiger partial charge in [-0.2, -0.15) is 13.2 Å². The second-order valence-corrected chi connectivity index (χ2v) is 5.33. The number of fused-ring (bicyclic) bond motifs is 1. The van der Waals surface area contributed by atoms with Crippen LogP contribution < -0.4 is 14.8 Å². The predicted octanol–water partition coefficient (Wildman–Crippen LogP) is 4.63. The van der Waals surface area contributed by atoms with Crippen molar-refractivity contribution in [2.75, 3.05) is 19.5 Å². The Kier molecular flexibility index (Phi) is 5.86. The van der Waals surface area contributed by atoms with Crippen LogP contribution in [0.3, 0.4) is 0 Å². The standard InChI is InChI=1S/C17H16F3N3O2.ClH/c1-24-13-7-6-10(8-14(13)25-2)9-21-11-4-3-5-12-15(11)23-16(22-12)17(18,19)20;/h3-8,21H,9H2,1-2H3,(H,22,23);1H. The summed E-state index contributed by atoms with van der Waals surface area (Å²) in [7, 11) is 3.09. The molecule has 0 saturated heterocycles. The van der Waals surface area contributed by atoms with Gasteiger partial charge in [-0.15, -0.1) is 12.4 Å². The van der Waals surface area contributed by atoms with E-state index in [-0.39, 0.29) is 17.9 Å². The maximum atomic E-state index is 12.8. The van der Waals surface area contributed by atoms with E-state index in [0.29, 0.717) is 29.2 Å². The van der Waals surface area contributed by atoms with Gasteiger partial charge in [0.1, 0.15) is 5.52 Å². The number of ether oxygens (including phenoxy) is 2. The number of imidazole rings is 1. The number of hydrogen-bond donors (Lipinski definition) is 2. The summed E-state index contributed by atoms with van der Waals surface area (Å²) in [5, 5.41) is 3.11. The molecule has 0 aliphatic carbocycles. The molecule has 0 unspecified atom stereocenters. The van der Waals surface area contributed by atoms with E-state index in [4.69, 9.17) is 9.47 Å². The first-order valence-electron chi connectivity index (χ1n) is 7.43. The number of nitrogens with one attached hydrogen (secondary N) is 2. The number of hydrogen-bond acceptors (Lipinski definition) is 4. The van der Waals surface area contributed by atoms with E-state index in [9.17, 15) is 13.2 Å². The molecule has 5 nitrogen and oxygen atoms in total. The van der Waals surface area contributed by atoms with Gasteiger partial charge in [0.25, 0.3) is 0 Å². The quantitative estimate of drug-likeness (QED) is 0.670. The highest BCUT2D eigenvalue weighted by molar-refractivity contribution is 5.88. The molecule has 1 aromatic heterocycles. The third kappa shape index (κ3) is 3.96. The summed E-state index contributed by atoms with van der Waals surface area (Å²) in [6, 6.07) is 10.3. The number of benzene rings is 2. The van der Waals surface area contributed by atoms with Gasteiger partial charge in [-0.3, -0.25) is 0 Å². The largest absolute Gasteiger partial charge is 0.493 e. The minimum atomic E-state index is -4.51. The van der Waals surface area contributed by atoms with E-state index in [1.54, 1.807) is 37.4 Å². The number of nitrogens with zero attached hydrogens (tertiary/aromatic N) is 1. The van der Waals surface area contributed by atoms with Crippen LogP contribution in [0.2, 0.25) is 0 Å². The first-order chi connectivity index (χ1) is 11.9. The third-order valence-corrected chi connectivity index (χ3v) is 3.71. The van der Waals surface area contributed by atoms with Crippen molar-refractivity contribution in [2.45, 2.75) is 12.7 Å². The van der Waals surface area contributed by atoms with Crippen molar-refractivity contribution < 1.29 is 22.6 Å². The van der Waals surface area contributed by atoms with Gasteiger partial charge in [-0.1, -0.05) is 12.1 Å². The first kappa shape index (κ1) is 19.7. The number of rotatable bonds is 5. The zero-order valence-electron chi connectivity index (χ0n) is 14.0. The van der Waals surface area contributed by atoms with E-state index in [2.05, 4.69) is 15.3 Å². The molecular formula is C17H17ClF3N3O2. The molecule has 0 spiro atoms. The Balaban J connectivity index is 0.00000243. The fourth-order valence-electron chi connectivity index (χ4n) is 2.50. The number of H-pyrrole nitrogens is 1. The Morgan fingerprint density at radius 3 is 2.46 bits per heavy atom.